The molecule has 1 aromatic rings. The summed E-state index contributed by atoms with van der Waals surface area (Å²) < 4.78 is 43.1. The number of aliphatic hydroxyl groups is 1. The van der Waals surface area contributed by atoms with Crippen LogP contribution in [0.25, 0.3) is 4.91 Å². The van der Waals surface area contributed by atoms with Crippen molar-refractivity contribution in [3.8, 4) is 0 Å². The van der Waals surface area contributed by atoms with Gasteiger partial charge in [-0.3, -0.25) is 4.79 Å². The number of rotatable bonds is 2. The van der Waals surface area contributed by atoms with Gasteiger partial charge in [-0.1, -0.05) is 11.0 Å². The first kappa shape index (κ1) is 17.9. The number of carbonyl (C=O) groups is 1. The first-order valence-corrected chi connectivity index (χ1v) is 9.06. The third-order valence-electron chi connectivity index (χ3n) is 4.29. The molecule has 0 radical (unpaired) electrons. The maximum absolute atomic E-state index is 12.9. The van der Waals surface area contributed by atoms with Crippen molar-refractivity contribution in [2.24, 2.45) is 0 Å². The van der Waals surface area contributed by atoms with Gasteiger partial charge in [0.25, 0.3) is 5.91 Å². The van der Waals surface area contributed by atoms with Gasteiger partial charge >= 0.3 is 6.18 Å². The van der Waals surface area contributed by atoms with E-state index in [0.29, 0.717) is 35.7 Å². The van der Waals surface area contributed by atoms with Gasteiger partial charge in [0.05, 0.1) is 11.0 Å². The molecule has 0 aromatic carbocycles. The minimum atomic E-state index is -4.62. The van der Waals surface area contributed by atoms with E-state index >= 15 is 0 Å². The lowest BCUT2D eigenvalue weighted by Crippen LogP contribution is -2.40. The summed E-state index contributed by atoms with van der Waals surface area (Å²) in [5.41, 5.74) is -0.0260. The fourth-order valence-corrected chi connectivity index (χ4v) is 4.33. The van der Waals surface area contributed by atoms with Gasteiger partial charge in [-0.2, -0.15) is 13.2 Å². The quantitative estimate of drug-likeness (QED) is 0.809. The Balaban J connectivity index is 1.78. The second-order valence-electron chi connectivity index (χ2n) is 5.96. The molecule has 9 heteroatoms. The number of hydrogen-bond acceptors (Lipinski definition) is 4. The summed E-state index contributed by atoms with van der Waals surface area (Å²) >= 11 is 0. The van der Waals surface area contributed by atoms with Crippen LogP contribution in [0.2, 0.25) is 0 Å². The van der Waals surface area contributed by atoms with Crippen LogP contribution in [0.4, 0.5) is 13.2 Å². The van der Waals surface area contributed by atoms with Crippen LogP contribution in [-0.4, -0.2) is 46.1 Å². The SMILES string of the molecule is C=S1C(C(=O)N2CCC(O)CC2)=CC=C1c1noc(C(F)(F)F)c1C. The van der Waals surface area contributed by atoms with Crippen LogP contribution >= 0.6 is 10.5 Å². The first-order chi connectivity index (χ1) is 11.7. The molecule has 5 nitrogen and oxygen atoms in total. The topological polar surface area (TPSA) is 66.6 Å². The molecule has 0 saturated carbocycles. The normalized spacial score (nSPS) is 22.1. The molecule has 1 fully saturated rings. The number of halogens is 3. The molecule has 0 spiro atoms. The van der Waals surface area contributed by atoms with E-state index < -0.39 is 28.5 Å². The Labute approximate surface area is 144 Å². The number of aliphatic hydroxyl groups excluding tert-OH is 1. The van der Waals surface area contributed by atoms with Gasteiger partial charge in [-0.05, 0) is 31.9 Å². The Morgan fingerprint density at radius 3 is 2.60 bits per heavy atom. The summed E-state index contributed by atoms with van der Waals surface area (Å²) in [6, 6.07) is 0. The maximum Gasteiger partial charge on any atom is 0.452 e. The minimum Gasteiger partial charge on any atom is -0.393 e. The Hall–Kier alpha value is -1.87. The number of likely N-dealkylation sites (tertiary alicyclic amines) is 1. The molecule has 25 heavy (non-hydrogen) atoms. The molecule has 0 aliphatic carbocycles. The van der Waals surface area contributed by atoms with E-state index in [0.717, 1.165) is 0 Å². The van der Waals surface area contributed by atoms with Gasteiger partial charge in [0.2, 0.25) is 5.76 Å². The lowest BCUT2D eigenvalue weighted by molar-refractivity contribution is -0.156. The third-order valence-corrected chi connectivity index (χ3v) is 6.00. The zero-order chi connectivity index (χ0) is 18.4. The molecule has 1 unspecified atom stereocenters. The van der Waals surface area contributed by atoms with Crippen LogP contribution < -0.4 is 0 Å². The van der Waals surface area contributed by atoms with E-state index in [-0.39, 0.29) is 17.2 Å². The van der Waals surface area contributed by atoms with Crippen LogP contribution in [-0.2, 0) is 11.0 Å². The maximum atomic E-state index is 12.9. The zero-order valence-electron chi connectivity index (χ0n) is 13.5. The predicted molar refractivity (Wildman–Crippen MR) is 88.8 cm³/mol. The molecule has 0 bridgehead atoms. The summed E-state index contributed by atoms with van der Waals surface area (Å²) in [5.74, 6) is 2.62. The van der Waals surface area contributed by atoms with Crippen LogP contribution in [0.3, 0.4) is 0 Å². The van der Waals surface area contributed by atoms with Crippen LogP contribution in [0.5, 0.6) is 0 Å². The summed E-state index contributed by atoms with van der Waals surface area (Å²) in [6.45, 7) is 2.19. The van der Waals surface area contributed by atoms with E-state index in [1.807, 2.05) is 0 Å². The number of aromatic nitrogens is 1. The van der Waals surface area contributed by atoms with E-state index in [1.54, 1.807) is 17.1 Å². The number of amides is 1. The average molecular weight is 374 g/mol. The number of hydrogen-bond donors (Lipinski definition) is 1. The second-order valence-corrected chi connectivity index (χ2v) is 7.62. The van der Waals surface area contributed by atoms with Crippen LogP contribution in [0.1, 0.15) is 29.9 Å². The number of nitrogens with zero attached hydrogens (tertiary/aromatic N) is 2. The molecular formula is C16H17F3N2O3S. The predicted octanol–water partition coefficient (Wildman–Crippen LogP) is 2.92. The molecule has 1 aromatic heterocycles. The van der Waals surface area contributed by atoms with Crippen molar-refractivity contribution in [3.63, 3.8) is 0 Å². The van der Waals surface area contributed by atoms with Crippen molar-refractivity contribution in [2.75, 3.05) is 13.1 Å². The minimum absolute atomic E-state index is 0.0822. The molecule has 2 aliphatic rings. The van der Waals surface area contributed by atoms with E-state index in [1.165, 1.54) is 6.92 Å². The Morgan fingerprint density at radius 2 is 2.04 bits per heavy atom. The van der Waals surface area contributed by atoms with Crippen LogP contribution in [0, 0.1) is 6.92 Å². The number of alkyl halides is 3. The smallest absolute Gasteiger partial charge is 0.393 e. The molecule has 1 saturated heterocycles. The van der Waals surface area contributed by atoms with Gasteiger partial charge in [-0.25, -0.2) is 0 Å². The molecular weight excluding hydrogens is 357 g/mol. The Kier molecular flexibility index (Phi) is 4.63. The second kappa shape index (κ2) is 6.45. The number of carbonyl (C=O) groups excluding carboxylic acids is 1. The van der Waals surface area contributed by atoms with Crippen molar-refractivity contribution in [3.05, 3.63) is 34.1 Å². The molecule has 136 valence electrons. The fraction of sp³-hybridized carbons (Fsp3) is 0.438. The van der Waals surface area contributed by atoms with E-state index in [4.69, 9.17) is 0 Å². The van der Waals surface area contributed by atoms with Crippen molar-refractivity contribution < 1.29 is 27.6 Å². The third kappa shape index (κ3) is 3.30. The lowest BCUT2D eigenvalue weighted by atomic mass is 10.1. The molecule has 3 heterocycles. The number of piperidine rings is 1. The first-order valence-electron chi connectivity index (χ1n) is 7.67. The molecule has 2 aliphatic heterocycles. The molecule has 1 amide bonds. The highest BCUT2D eigenvalue weighted by molar-refractivity contribution is 8.26. The highest BCUT2D eigenvalue weighted by Gasteiger charge is 2.40. The zero-order valence-corrected chi connectivity index (χ0v) is 14.3. The monoisotopic (exact) mass is 374 g/mol. The summed E-state index contributed by atoms with van der Waals surface area (Å²) in [5, 5.41) is 13.1. The van der Waals surface area contributed by atoms with Crippen molar-refractivity contribution in [1.82, 2.24) is 10.1 Å². The van der Waals surface area contributed by atoms with Gasteiger partial charge in [0.1, 0.15) is 5.69 Å². The van der Waals surface area contributed by atoms with Crippen molar-refractivity contribution >= 4 is 27.2 Å². The molecule has 3 rings (SSSR count). The van der Waals surface area contributed by atoms with Gasteiger partial charge in [0, 0.05) is 23.6 Å². The van der Waals surface area contributed by atoms with E-state index in [9.17, 15) is 23.1 Å². The summed E-state index contributed by atoms with van der Waals surface area (Å²) in [4.78, 5) is 15.2. The number of allylic oxidation sites excluding steroid dienone is 2. The van der Waals surface area contributed by atoms with Gasteiger partial charge in [-0.15, -0.1) is 10.5 Å². The van der Waals surface area contributed by atoms with E-state index in [2.05, 4.69) is 15.6 Å². The highest BCUT2D eigenvalue weighted by Crippen LogP contribution is 2.46. The lowest BCUT2D eigenvalue weighted by Gasteiger charge is -2.30. The standard InChI is InChI=1S/C16H17F3N2O3S/c1-9-13(20-24-14(9)16(17,18)19)11-3-4-12(25(11)2)15(23)21-7-5-10(22)6-8-21/h3-4,10,22H,2,5-8H2,1H3. The molecule has 1 atom stereocenters. The van der Waals surface area contributed by atoms with Gasteiger partial charge in [0.15, 0.2) is 0 Å². The van der Waals surface area contributed by atoms with Gasteiger partial charge < -0.3 is 14.5 Å². The average Bonchev–Trinajstić information content (AvgIpc) is 3.10. The van der Waals surface area contributed by atoms with Crippen molar-refractivity contribution in [2.45, 2.75) is 32.0 Å². The largest absolute Gasteiger partial charge is 0.452 e. The Morgan fingerprint density at radius 1 is 1.40 bits per heavy atom. The highest BCUT2D eigenvalue weighted by atomic mass is 32.2. The summed E-state index contributed by atoms with van der Waals surface area (Å²) in [7, 11) is -0.935. The van der Waals surface area contributed by atoms with Crippen molar-refractivity contribution in [1.29, 1.82) is 0 Å². The van der Waals surface area contributed by atoms with Crippen LogP contribution in [0.15, 0.2) is 21.6 Å². The fourth-order valence-electron chi connectivity index (χ4n) is 2.86. The summed E-state index contributed by atoms with van der Waals surface area (Å²) in [6.07, 6.45) is -0.822. The molecule has 1 N–H and O–H groups in total. The Bertz CT molecular complexity index is 787.